The van der Waals surface area contributed by atoms with E-state index in [-0.39, 0.29) is 17.4 Å². The number of aryl methyl sites for hydroxylation is 2. The molecule has 2 aromatic heterocycles. The third kappa shape index (κ3) is 5.52. The largest absolute Gasteiger partial charge is 0.435 e. The van der Waals surface area contributed by atoms with Crippen molar-refractivity contribution < 1.29 is 21.9 Å². The maximum Gasteiger partial charge on any atom is 0.237 e. The van der Waals surface area contributed by atoms with Crippen LogP contribution in [0, 0.1) is 25.5 Å². The average Bonchev–Trinajstić information content (AvgIpc) is 2.81. The van der Waals surface area contributed by atoms with E-state index in [9.17, 15) is 12.8 Å². The molecule has 35 heavy (non-hydrogen) atoms. The second kappa shape index (κ2) is 9.63. The van der Waals surface area contributed by atoms with Crippen LogP contribution in [0.1, 0.15) is 16.7 Å². The van der Waals surface area contributed by atoms with Crippen molar-refractivity contribution in [1.82, 2.24) is 15.0 Å². The van der Waals surface area contributed by atoms with Crippen LogP contribution in [0.15, 0.2) is 60.9 Å². The van der Waals surface area contributed by atoms with Gasteiger partial charge in [0.2, 0.25) is 27.7 Å². The van der Waals surface area contributed by atoms with Crippen LogP contribution in [0.25, 0.3) is 11.3 Å². The van der Waals surface area contributed by atoms with Gasteiger partial charge in [-0.15, -0.1) is 0 Å². The fourth-order valence-electron chi connectivity index (χ4n) is 3.33. The fourth-order valence-corrected chi connectivity index (χ4v) is 4.52. The van der Waals surface area contributed by atoms with Crippen molar-refractivity contribution >= 4 is 21.7 Å². The number of ether oxygens (including phenoxy) is 1. The molecule has 3 N–H and O–H groups in total. The number of sulfonamides is 1. The third-order valence-electron chi connectivity index (χ3n) is 5.01. The molecule has 11 heteroatoms. The van der Waals surface area contributed by atoms with Gasteiger partial charge >= 0.3 is 0 Å². The van der Waals surface area contributed by atoms with Gasteiger partial charge in [-0.25, -0.2) is 27.8 Å². The number of hydrogen-bond donors (Lipinski definition) is 2. The summed E-state index contributed by atoms with van der Waals surface area (Å²) >= 11 is 0. The minimum Gasteiger partial charge on any atom is -0.435 e. The van der Waals surface area contributed by atoms with Gasteiger partial charge in [-0.05, 0) is 49.2 Å². The zero-order chi connectivity index (χ0) is 25.2. The lowest BCUT2D eigenvalue weighted by atomic mass is 10.1. The topological polar surface area (TPSA) is 120 Å². The normalized spacial score (nSPS) is 11.3. The molecule has 0 aliphatic rings. The van der Waals surface area contributed by atoms with Crippen LogP contribution in [-0.2, 0) is 15.8 Å². The SMILES string of the molecule is Cc1ccc(CS(=O)(=O)Nc2cc(C)c(Oc3ncccc3-c3ccnc(N)n3)c(F)c2F)cc1. The summed E-state index contributed by atoms with van der Waals surface area (Å²) in [6, 6.07) is 12.8. The highest BCUT2D eigenvalue weighted by atomic mass is 32.2. The number of halogens is 2. The second-order valence-electron chi connectivity index (χ2n) is 7.80. The summed E-state index contributed by atoms with van der Waals surface area (Å²) in [4.78, 5) is 12.0. The lowest BCUT2D eigenvalue weighted by Crippen LogP contribution is -2.17. The Bertz CT molecular complexity index is 1500. The molecule has 4 rings (SSSR count). The molecule has 2 heterocycles. The molecule has 0 radical (unpaired) electrons. The van der Waals surface area contributed by atoms with E-state index in [1.165, 1.54) is 19.3 Å². The Balaban J connectivity index is 1.63. The molecule has 0 atom stereocenters. The van der Waals surface area contributed by atoms with Crippen molar-refractivity contribution in [2.45, 2.75) is 19.6 Å². The number of rotatable bonds is 7. The van der Waals surface area contributed by atoms with Crippen LogP contribution in [0.4, 0.5) is 20.4 Å². The summed E-state index contributed by atoms with van der Waals surface area (Å²) in [7, 11) is -4.01. The fraction of sp³-hybridized carbons (Fsp3) is 0.125. The first-order valence-electron chi connectivity index (χ1n) is 10.4. The minimum atomic E-state index is -4.01. The quantitative estimate of drug-likeness (QED) is 0.378. The third-order valence-corrected chi connectivity index (χ3v) is 6.25. The van der Waals surface area contributed by atoms with Gasteiger partial charge in [0, 0.05) is 12.4 Å². The second-order valence-corrected chi connectivity index (χ2v) is 9.53. The first-order chi connectivity index (χ1) is 16.6. The Labute approximate surface area is 200 Å². The number of aromatic nitrogens is 3. The van der Waals surface area contributed by atoms with Gasteiger partial charge in [0.1, 0.15) is 0 Å². The van der Waals surface area contributed by atoms with Gasteiger partial charge in [-0.3, -0.25) is 4.72 Å². The van der Waals surface area contributed by atoms with Crippen LogP contribution < -0.4 is 15.2 Å². The maximum atomic E-state index is 15.0. The van der Waals surface area contributed by atoms with Crippen molar-refractivity contribution in [2.24, 2.45) is 0 Å². The Morgan fingerprint density at radius 2 is 1.74 bits per heavy atom. The van der Waals surface area contributed by atoms with Gasteiger partial charge in [0.15, 0.2) is 11.6 Å². The van der Waals surface area contributed by atoms with Crippen LogP contribution in [0.5, 0.6) is 11.6 Å². The van der Waals surface area contributed by atoms with Gasteiger partial charge in [-0.2, -0.15) is 4.39 Å². The van der Waals surface area contributed by atoms with Crippen molar-refractivity contribution in [2.75, 3.05) is 10.5 Å². The van der Waals surface area contributed by atoms with E-state index in [2.05, 4.69) is 19.7 Å². The number of hydrogen-bond acceptors (Lipinski definition) is 7. The van der Waals surface area contributed by atoms with Crippen molar-refractivity contribution in [1.29, 1.82) is 0 Å². The van der Waals surface area contributed by atoms with E-state index in [1.807, 2.05) is 6.92 Å². The Morgan fingerprint density at radius 3 is 2.46 bits per heavy atom. The first kappa shape index (κ1) is 24.0. The van der Waals surface area contributed by atoms with Crippen LogP contribution >= 0.6 is 0 Å². The molecule has 0 spiro atoms. The molecule has 0 fully saturated rings. The molecule has 4 aromatic rings. The number of nitrogens with zero attached hydrogens (tertiary/aromatic N) is 3. The van der Waals surface area contributed by atoms with E-state index in [0.717, 1.165) is 11.6 Å². The van der Waals surface area contributed by atoms with E-state index >= 15 is 4.39 Å². The van der Waals surface area contributed by atoms with Crippen LogP contribution in [-0.4, -0.2) is 23.4 Å². The van der Waals surface area contributed by atoms with Gasteiger partial charge in [0.25, 0.3) is 0 Å². The molecule has 0 aliphatic heterocycles. The zero-order valence-electron chi connectivity index (χ0n) is 18.8. The Hall–Kier alpha value is -4.12. The van der Waals surface area contributed by atoms with Gasteiger partial charge in [-0.1, -0.05) is 29.8 Å². The van der Waals surface area contributed by atoms with Crippen LogP contribution in [0.3, 0.4) is 0 Å². The number of nitrogen functional groups attached to an aromatic ring is 1. The number of pyridine rings is 1. The highest BCUT2D eigenvalue weighted by molar-refractivity contribution is 7.91. The van der Waals surface area contributed by atoms with E-state index in [4.69, 9.17) is 10.5 Å². The molecule has 8 nitrogen and oxygen atoms in total. The maximum absolute atomic E-state index is 15.0. The average molecular weight is 498 g/mol. The highest BCUT2D eigenvalue weighted by Crippen LogP contribution is 2.36. The molecule has 0 amide bonds. The Kier molecular flexibility index (Phi) is 6.61. The van der Waals surface area contributed by atoms with Crippen molar-refractivity contribution in [3.05, 3.63) is 89.2 Å². The van der Waals surface area contributed by atoms with E-state index in [0.29, 0.717) is 16.8 Å². The predicted octanol–water partition coefficient (Wildman–Crippen LogP) is 4.75. The summed E-state index contributed by atoms with van der Waals surface area (Å²) in [6.07, 6.45) is 2.86. The number of nitrogens with two attached hydrogens (primary N) is 1. The summed E-state index contributed by atoms with van der Waals surface area (Å²) in [6.45, 7) is 3.33. The van der Waals surface area contributed by atoms with Crippen LogP contribution in [0.2, 0.25) is 0 Å². The molecule has 0 saturated heterocycles. The van der Waals surface area contributed by atoms with E-state index in [1.54, 1.807) is 42.5 Å². The summed E-state index contributed by atoms with van der Waals surface area (Å²) in [5.41, 5.74) is 7.50. The molecule has 0 saturated carbocycles. The standard InChI is InChI=1S/C24H21F2N5O3S/c1-14-5-7-16(8-6-14)13-35(32,33)31-19-12-15(2)22(21(26)20(19)25)34-23-17(4-3-10-28-23)18-9-11-29-24(27)30-18/h3-12,31H,13H2,1-2H3,(H2,27,29,30). The van der Waals surface area contributed by atoms with E-state index < -0.39 is 38.8 Å². The molecule has 0 unspecified atom stereocenters. The molecule has 180 valence electrons. The Morgan fingerprint density at radius 1 is 1.00 bits per heavy atom. The predicted molar refractivity (Wildman–Crippen MR) is 128 cm³/mol. The summed E-state index contributed by atoms with van der Waals surface area (Å²) in [5, 5.41) is 0. The van der Waals surface area contributed by atoms with Gasteiger partial charge in [0.05, 0.1) is 22.7 Å². The highest BCUT2D eigenvalue weighted by Gasteiger charge is 2.23. The van der Waals surface area contributed by atoms with Crippen molar-refractivity contribution in [3.63, 3.8) is 0 Å². The number of anilines is 2. The first-order valence-corrected chi connectivity index (χ1v) is 12.0. The molecular weight excluding hydrogens is 476 g/mol. The minimum absolute atomic E-state index is 0.0213. The molecule has 2 aromatic carbocycles. The molecular formula is C24H21F2N5O3S. The monoisotopic (exact) mass is 497 g/mol. The molecule has 0 aliphatic carbocycles. The lowest BCUT2D eigenvalue weighted by Gasteiger charge is -2.15. The number of nitrogens with one attached hydrogen (secondary N) is 1. The summed E-state index contributed by atoms with van der Waals surface area (Å²) < 4.78 is 62.8. The molecule has 0 bridgehead atoms. The summed E-state index contributed by atoms with van der Waals surface area (Å²) in [5.74, 6) is -3.62. The number of benzene rings is 2. The lowest BCUT2D eigenvalue weighted by molar-refractivity contribution is 0.404. The smallest absolute Gasteiger partial charge is 0.237 e. The zero-order valence-corrected chi connectivity index (χ0v) is 19.6. The van der Waals surface area contributed by atoms with Gasteiger partial charge < -0.3 is 10.5 Å². The van der Waals surface area contributed by atoms with Crippen molar-refractivity contribution in [3.8, 4) is 22.9 Å².